The van der Waals surface area contributed by atoms with E-state index in [0.29, 0.717) is 23.4 Å². The number of halogens is 3. The van der Waals surface area contributed by atoms with Gasteiger partial charge in [0.25, 0.3) is 5.91 Å². The maximum absolute atomic E-state index is 13.4. The quantitative estimate of drug-likeness (QED) is 0.830. The Morgan fingerprint density at radius 2 is 1.70 bits per heavy atom. The SMILES string of the molecule is Cc1ccc(N)cc1C(=O)Nc1c(F)cc(F)cc1F. The number of nitrogen functional groups attached to an aromatic ring is 1. The first kappa shape index (κ1) is 13.9. The van der Waals surface area contributed by atoms with Gasteiger partial charge in [0.2, 0.25) is 0 Å². The molecule has 0 aliphatic carbocycles. The van der Waals surface area contributed by atoms with Gasteiger partial charge in [-0.25, -0.2) is 13.2 Å². The van der Waals surface area contributed by atoms with Gasteiger partial charge in [-0.1, -0.05) is 6.07 Å². The van der Waals surface area contributed by atoms with Gasteiger partial charge in [-0.3, -0.25) is 4.79 Å². The number of amides is 1. The summed E-state index contributed by atoms with van der Waals surface area (Å²) in [7, 11) is 0. The standard InChI is InChI=1S/C14H11F3N2O/c1-7-2-3-9(18)6-10(7)14(20)19-13-11(16)4-8(15)5-12(13)17/h2-6H,18H2,1H3,(H,19,20). The van der Waals surface area contributed by atoms with Crippen LogP contribution in [-0.2, 0) is 0 Å². The fourth-order valence-corrected chi connectivity index (χ4v) is 1.73. The first-order valence-corrected chi connectivity index (χ1v) is 5.70. The largest absolute Gasteiger partial charge is 0.399 e. The summed E-state index contributed by atoms with van der Waals surface area (Å²) in [6.45, 7) is 1.66. The van der Waals surface area contributed by atoms with E-state index in [2.05, 4.69) is 5.32 Å². The Bertz CT molecular complexity index is 663. The van der Waals surface area contributed by atoms with Crippen LogP contribution in [0.25, 0.3) is 0 Å². The van der Waals surface area contributed by atoms with Crippen LogP contribution in [-0.4, -0.2) is 5.91 Å². The first-order valence-electron chi connectivity index (χ1n) is 5.70. The average molecular weight is 280 g/mol. The number of benzene rings is 2. The maximum Gasteiger partial charge on any atom is 0.256 e. The summed E-state index contributed by atoms with van der Waals surface area (Å²) in [5.74, 6) is -4.15. The van der Waals surface area contributed by atoms with E-state index in [1.165, 1.54) is 6.07 Å². The summed E-state index contributed by atoms with van der Waals surface area (Å²) in [4.78, 5) is 12.0. The molecule has 1 amide bonds. The van der Waals surface area contributed by atoms with E-state index >= 15 is 0 Å². The lowest BCUT2D eigenvalue weighted by Gasteiger charge is -2.10. The molecule has 0 aliphatic heterocycles. The van der Waals surface area contributed by atoms with Gasteiger partial charge in [0.1, 0.15) is 11.5 Å². The van der Waals surface area contributed by atoms with Crippen LogP contribution in [0.4, 0.5) is 24.5 Å². The minimum absolute atomic E-state index is 0.188. The molecule has 0 atom stereocenters. The molecule has 0 bridgehead atoms. The highest BCUT2D eigenvalue weighted by Gasteiger charge is 2.16. The van der Waals surface area contributed by atoms with Crippen molar-refractivity contribution in [1.29, 1.82) is 0 Å². The van der Waals surface area contributed by atoms with E-state index in [4.69, 9.17) is 5.73 Å². The number of hydrogen-bond donors (Lipinski definition) is 2. The van der Waals surface area contributed by atoms with Gasteiger partial charge in [-0.2, -0.15) is 0 Å². The van der Waals surface area contributed by atoms with E-state index < -0.39 is 29.0 Å². The highest BCUT2D eigenvalue weighted by Crippen LogP contribution is 2.22. The third kappa shape index (κ3) is 2.74. The zero-order valence-corrected chi connectivity index (χ0v) is 10.5. The molecule has 3 N–H and O–H groups in total. The number of hydrogen-bond acceptors (Lipinski definition) is 2. The fraction of sp³-hybridized carbons (Fsp3) is 0.0714. The van der Waals surface area contributed by atoms with E-state index in [1.54, 1.807) is 19.1 Å². The number of carbonyl (C=O) groups excluding carboxylic acids is 1. The predicted molar refractivity (Wildman–Crippen MR) is 69.9 cm³/mol. The summed E-state index contributed by atoms with van der Waals surface area (Å²) >= 11 is 0. The van der Waals surface area contributed by atoms with E-state index in [1.807, 2.05) is 0 Å². The molecule has 2 aromatic carbocycles. The predicted octanol–water partition coefficient (Wildman–Crippen LogP) is 3.25. The Labute approximate surface area is 113 Å². The van der Waals surface area contributed by atoms with E-state index in [-0.39, 0.29) is 5.56 Å². The van der Waals surface area contributed by atoms with Gasteiger partial charge in [-0.15, -0.1) is 0 Å². The van der Waals surface area contributed by atoms with E-state index in [9.17, 15) is 18.0 Å². The number of nitrogens with two attached hydrogens (primary N) is 1. The molecular weight excluding hydrogens is 269 g/mol. The van der Waals surface area contributed by atoms with Gasteiger partial charge in [-0.05, 0) is 24.6 Å². The van der Waals surface area contributed by atoms with Crippen LogP contribution in [0.1, 0.15) is 15.9 Å². The average Bonchev–Trinajstić information content (AvgIpc) is 2.36. The molecule has 0 aromatic heterocycles. The summed E-state index contributed by atoms with van der Waals surface area (Å²) in [5.41, 5.74) is 6.00. The molecule has 2 rings (SSSR count). The number of anilines is 2. The highest BCUT2D eigenvalue weighted by atomic mass is 19.1. The second kappa shape index (κ2) is 5.24. The lowest BCUT2D eigenvalue weighted by Crippen LogP contribution is -2.16. The summed E-state index contributed by atoms with van der Waals surface area (Å²) in [6, 6.07) is 5.59. The Morgan fingerprint density at radius 3 is 2.30 bits per heavy atom. The van der Waals surface area contributed by atoms with Gasteiger partial charge in [0.15, 0.2) is 11.6 Å². The lowest BCUT2D eigenvalue weighted by atomic mass is 10.1. The minimum atomic E-state index is -1.18. The first-order chi connectivity index (χ1) is 9.38. The molecular formula is C14H11F3N2O. The number of aryl methyl sites for hydroxylation is 1. The van der Waals surface area contributed by atoms with Gasteiger partial charge in [0.05, 0.1) is 0 Å². The van der Waals surface area contributed by atoms with Crippen LogP contribution >= 0.6 is 0 Å². The molecule has 6 heteroatoms. The highest BCUT2D eigenvalue weighted by molar-refractivity contribution is 6.05. The topological polar surface area (TPSA) is 55.1 Å². The van der Waals surface area contributed by atoms with Crippen molar-refractivity contribution in [1.82, 2.24) is 0 Å². The zero-order chi connectivity index (χ0) is 14.9. The summed E-state index contributed by atoms with van der Waals surface area (Å²) in [6.07, 6.45) is 0. The van der Waals surface area contributed by atoms with Crippen molar-refractivity contribution in [2.75, 3.05) is 11.1 Å². The third-order valence-electron chi connectivity index (χ3n) is 2.75. The Hall–Kier alpha value is -2.50. The Balaban J connectivity index is 2.35. The molecule has 0 unspecified atom stereocenters. The van der Waals surface area contributed by atoms with Crippen molar-refractivity contribution < 1.29 is 18.0 Å². The van der Waals surface area contributed by atoms with Crippen LogP contribution in [0.15, 0.2) is 30.3 Å². The van der Waals surface area contributed by atoms with Crippen LogP contribution in [0.5, 0.6) is 0 Å². The van der Waals surface area contributed by atoms with Crippen molar-refractivity contribution in [2.24, 2.45) is 0 Å². The number of rotatable bonds is 2. The molecule has 2 aromatic rings. The van der Waals surface area contributed by atoms with Gasteiger partial charge in [0, 0.05) is 23.4 Å². The normalized spacial score (nSPS) is 10.4. The minimum Gasteiger partial charge on any atom is -0.399 e. The molecule has 0 aliphatic rings. The number of nitrogens with one attached hydrogen (secondary N) is 1. The lowest BCUT2D eigenvalue weighted by molar-refractivity contribution is 0.102. The van der Waals surface area contributed by atoms with Crippen molar-refractivity contribution in [3.05, 3.63) is 58.9 Å². The maximum atomic E-state index is 13.4. The van der Waals surface area contributed by atoms with Crippen LogP contribution in [0, 0.1) is 24.4 Å². The molecule has 3 nitrogen and oxygen atoms in total. The second-order valence-electron chi connectivity index (χ2n) is 4.27. The van der Waals surface area contributed by atoms with Crippen LogP contribution < -0.4 is 11.1 Å². The fourth-order valence-electron chi connectivity index (χ4n) is 1.73. The Kier molecular flexibility index (Phi) is 3.65. The molecule has 0 spiro atoms. The zero-order valence-electron chi connectivity index (χ0n) is 10.5. The number of carbonyl (C=O) groups is 1. The van der Waals surface area contributed by atoms with Gasteiger partial charge < -0.3 is 11.1 Å². The molecule has 0 saturated heterocycles. The summed E-state index contributed by atoms with van der Waals surface area (Å²) in [5, 5.41) is 2.08. The molecule has 104 valence electrons. The van der Waals surface area contributed by atoms with Gasteiger partial charge >= 0.3 is 0 Å². The van der Waals surface area contributed by atoms with Crippen molar-refractivity contribution in [2.45, 2.75) is 6.92 Å². The molecule has 20 heavy (non-hydrogen) atoms. The van der Waals surface area contributed by atoms with Crippen molar-refractivity contribution in [3.63, 3.8) is 0 Å². The van der Waals surface area contributed by atoms with Crippen LogP contribution in [0.3, 0.4) is 0 Å². The molecule has 0 fully saturated rings. The third-order valence-corrected chi connectivity index (χ3v) is 2.75. The smallest absolute Gasteiger partial charge is 0.256 e. The van der Waals surface area contributed by atoms with Crippen LogP contribution in [0.2, 0.25) is 0 Å². The van der Waals surface area contributed by atoms with Crippen molar-refractivity contribution in [3.8, 4) is 0 Å². The second-order valence-corrected chi connectivity index (χ2v) is 4.27. The van der Waals surface area contributed by atoms with Crippen molar-refractivity contribution >= 4 is 17.3 Å². The monoisotopic (exact) mass is 280 g/mol. The van der Waals surface area contributed by atoms with E-state index in [0.717, 1.165) is 0 Å². The summed E-state index contributed by atoms with van der Waals surface area (Å²) < 4.78 is 39.7. The molecule has 0 heterocycles. The Morgan fingerprint density at radius 1 is 1.10 bits per heavy atom. The molecule has 0 saturated carbocycles. The molecule has 0 radical (unpaired) electrons.